The molecule has 0 bridgehead atoms. The van der Waals surface area contributed by atoms with Crippen molar-refractivity contribution in [2.75, 3.05) is 7.11 Å². The second kappa shape index (κ2) is 8.46. The summed E-state index contributed by atoms with van der Waals surface area (Å²) in [5.41, 5.74) is 0. The average Bonchev–Trinajstić information content (AvgIpc) is 2.51. The van der Waals surface area contributed by atoms with Gasteiger partial charge in [-0.2, -0.15) is 4.72 Å². The van der Waals surface area contributed by atoms with E-state index in [-0.39, 0.29) is 4.90 Å². The highest BCUT2D eigenvalue weighted by atomic mass is 35.5. The molecule has 0 heterocycles. The topological polar surface area (TPSA) is 98.8 Å². The van der Waals surface area contributed by atoms with Crippen LogP contribution < -0.4 is 4.72 Å². The molecule has 0 aliphatic heterocycles. The Kier molecular flexibility index (Phi) is 7.19. The Labute approximate surface area is 146 Å². The van der Waals surface area contributed by atoms with Crippen molar-refractivity contribution in [3.63, 3.8) is 0 Å². The van der Waals surface area contributed by atoms with Crippen molar-refractivity contribution < 1.29 is 27.5 Å². The minimum Gasteiger partial charge on any atom is -0.466 e. The summed E-state index contributed by atoms with van der Waals surface area (Å²) in [6.07, 6.45) is -1.14. The fourth-order valence-electron chi connectivity index (χ4n) is 1.77. The van der Waals surface area contributed by atoms with Crippen LogP contribution in [0.1, 0.15) is 20.8 Å². The first kappa shape index (κ1) is 20.4. The number of benzene rings is 1. The summed E-state index contributed by atoms with van der Waals surface area (Å²) in [4.78, 5) is 23.5. The second-order valence-corrected chi connectivity index (χ2v) is 7.55. The summed E-state index contributed by atoms with van der Waals surface area (Å²) >= 11 is 5.74. The molecular formula is C15H20ClNO6S. The Morgan fingerprint density at radius 3 is 2.08 bits per heavy atom. The first-order valence-corrected chi connectivity index (χ1v) is 9.00. The summed E-state index contributed by atoms with van der Waals surface area (Å²) in [6.45, 7) is 4.65. The molecule has 9 heteroatoms. The van der Waals surface area contributed by atoms with Crippen molar-refractivity contribution in [3.05, 3.63) is 29.3 Å². The lowest BCUT2D eigenvalue weighted by Gasteiger charge is -2.22. The fourth-order valence-corrected chi connectivity index (χ4v) is 3.23. The molecule has 0 spiro atoms. The standard InChI is InChI=1S/C15H20ClNO6S/c1-9(2)13(15(19)23-10(3)14(18)22-4)17-24(20,21)12-7-5-11(16)6-8-12/h5-10,13,17H,1-4H3/t10-,13+/m1/s1. The van der Waals surface area contributed by atoms with E-state index in [1.165, 1.54) is 31.2 Å². The van der Waals surface area contributed by atoms with Crippen LogP contribution in [0.25, 0.3) is 0 Å². The quantitative estimate of drug-likeness (QED) is 0.727. The Balaban J connectivity index is 2.94. The number of carbonyl (C=O) groups is 2. The molecule has 0 amide bonds. The van der Waals surface area contributed by atoms with Crippen molar-refractivity contribution in [1.29, 1.82) is 0 Å². The number of halogens is 1. The molecule has 0 unspecified atom stereocenters. The van der Waals surface area contributed by atoms with Crippen LogP contribution in [0.15, 0.2) is 29.2 Å². The van der Waals surface area contributed by atoms with Crippen LogP contribution >= 0.6 is 11.6 Å². The van der Waals surface area contributed by atoms with Crippen molar-refractivity contribution in [1.82, 2.24) is 4.72 Å². The molecular weight excluding hydrogens is 358 g/mol. The van der Waals surface area contributed by atoms with Gasteiger partial charge in [0.25, 0.3) is 0 Å². The number of nitrogens with one attached hydrogen (secondary N) is 1. The van der Waals surface area contributed by atoms with Crippen LogP contribution in [0.3, 0.4) is 0 Å². The van der Waals surface area contributed by atoms with Gasteiger partial charge in [0.15, 0.2) is 6.10 Å². The molecule has 0 aliphatic rings. The van der Waals surface area contributed by atoms with Crippen molar-refractivity contribution in [2.45, 2.75) is 37.8 Å². The van der Waals surface area contributed by atoms with Crippen molar-refractivity contribution in [2.24, 2.45) is 5.92 Å². The minimum absolute atomic E-state index is 0.0358. The molecule has 0 aromatic heterocycles. The predicted molar refractivity (Wildman–Crippen MR) is 88.0 cm³/mol. The first-order valence-electron chi connectivity index (χ1n) is 7.14. The summed E-state index contributed by atoms with van der Waals surface area (Å²) in [5, 5.41) is 0.390. The number of rotatable bonds is 7. The lowest BCUT2D eigenvalue weighted by atomic mass is 10.1. The van der Waals surface area contributed by atoms with Crippen LogP contribution in [0.4, 0.5) is 0 Å². The van der Waals surface area contributed by atoms with E-state index in [4.69, 9.17) is 16.3 Å². The molecule has 7 nitrogen and oxygen atoms in total. The fraction of sp³-hybridized carbons (Fsp3) is 0.467. The molecule has 24 heavy (non-hydrogen) atoms. The van der Waals surface area contributed by atoms with Gasteiger partial charge in [0.2, 0.25) is 10.0 Å². The predicted octanol–water partition coefficient (Wildman–Crippen LogP) is 1.75. The molecule has 0 saturated carbocycles. The zero-order valence-electron chi connectivity index (χ0n) is 13.8. The van der Waals surface area contributed by atoms with E-state index in [9.17, 15) is 18.0 Å². The van der Waals surface area contributed by atoms with Crippen LogP contribution in [-0.2, 0) is 29.1 Å². The van der Waals surface area contributed by atoms with Crippen molar-refractivity contribution in [3.8, 4) is 0 Å². The van der Waals surface area contributed by atoms with E-state index >= 15 is 0 Å². The largest absolute Gasteiger partial charge is 0.466 e. The minimum atomic E-state index is -3.95. The van der Waals surface area contributed by atoms with E-state index in [0.717, 1.165) is 7.11 Å². The van der Waals surface area contributed by atoms with Gasteiger partial charge >= 0.3 is 11.9 Å². The molecule has 0 radical (unpaired) electrons. The summed E-state index contributed by atoms with van der Waals surface area (Å²) in [7, 11) is -2.79. The maximum atomic E-state index is 12.4. The number of carbonyl (C=O) groups excluding carboxylic acids is 2. The lowest BCUT2D eigenvalue weighted by Crippen LogP contribution is -2.46. The number of methoxy groups -OCH3 is 1. The molecule has 1 aromatic carbocycles. The first-order chi connectivity index (χ1) is 11.1. The number of esters is 2. The second-order valence-electron chi connectivity index (χ2n) is 5.40. The highest BCUT2D eigenvalue weighted by Gasteiger charge is 2.32. The van der Waals surface area contributed by atoms with Crippen LogP contribution in [-0.4, -0.2) is 39.6 Å². The number of hydrogen-bond donors (Lipinski definition) is 1. The Morgan fingerprint density at radius 1 is 1.08 bits per heavy atom. The van der Waals surface area contributed by atoms with Gasteiger partial charge in [-0.3, -0.25) is 4.79 Å². The molecule has 134 valence electrons. The summed E-state index contributed by atoms with van der Waals surface area (Å²) < 4.78 is 36.5. The lowest BCUT2D eigenvalue weighted by molar-refractivity contribution is -0.166. The maximum absolute atomic E-state index is 12.4. The number of ether oxygens (including phenoxy) is 2. The SMILES string of the molecule is COC(=O)[C@@H](C)OC(=O)[C@@H](NS(=O)(=O)c1ccc(Cl)cc1)C(C)C. The summed E-state index contributed by atoms with van der Waals surface area (Å²) in [5.74, 6) is -1.99. The zero-order valence-corrected chi connectivity index (χ0v) is 15.3. The molecule has 0 fully saturated rings. The van der Waals surface area contributed by atoms with Gasteiger partial charge in [-0.15, -0.1) is 0 Å². The number of hydrogen-bond acceptors (Lipinski definition) is 6. The Morgan fingerprint density at radius 2 is 1.62 bits per heavy atom. The smallest absolute Gasteiger partial charge is 0.346 e. The zero-order chi connectivity index (χ0) is 18.5. The Hall–Kier alpha value is -1.64. The molecule has 0 aliphatic carbocycles. The van der Waals surface area contributed by atoms with Gasteiger partial charge in [-0.25, -0.2) is 13.2 Å². The molecule has 0 saturated heterocycles. The van der Waals surface area contributed by atoms with E-state index in [2.05, 4.69) is 9.46 Å². The molecule has 1 N–H and O–H groups in total. The molecule has 1 aromatic rings. The van der Waals surface area contributed by atoms with Gasteiger partial charge in [-0.1, -0.05) is 25.4 Å². The van der Waals surface area contributed by atoms with Gasteiger partial charge in [0.05, 0.1) is 12.0 Å². The Bertz CT molecular complexity index is 686. The van der Waals surface area contributed by atoms with Gasteiger partial charge in [0, 0.05) is 5.02 Å². The van der Waals surface area contributed by atoms with Gasteiger partial charge < -0.3 is 9.47 Å². The van der Waals surface area contributed by atoms with Gasteiger partial charge in [-0.05, 0) is 37.1 Å². The molecule has 1 rings (SSSR count). The van der Waals surface area contributed by atoms with E-state index in [1.54, 1.807) is 13.8 Å². The van der Waals surface area contributed by atoms with Crippen LogP contribution in [0, 0.1) is 5.92 Å². The summed E-state index contributed by atoms with van der Waals surface area (Å²) in [6, 6.07) is 4.35. The van der Waals surface area contributed by atoms with Gasteiger partial charge in [0.1, 0.15) is 6.04 Å². The van der Waals surface area contributed by atoms with E-state index in [0.29, 0.717) is 5.02 Å². The van der Waals surface area contributed by atoms with E-state index in [1.807, 2.05) is 0 Å². The normalized spacial score (nSPS) is 14.1. The van der Waals surface area contributed by atoms with Crippen molar-refractivity contribution >= 4 is 33.6 Å². The van der Waals surface area contributed by atoms with Crippen LogP contribution in [0.5, 0.6) is 0 Å². The van der Waals surface area contributed by atoms with E-state index < -0.39 is 40.0 Å². The van der Waals surface area contributed by atoms with Crippen LogP contribution in [0.2, 0.25) is 5.02 Å². The third-order valence-electron chi connectivity index (χ3n) is 3.15. The third kappa shape index (κ3) is 5.47. The third-order valence-corrected chi connectivity index (χ3v) is 4.86. The molecule has 2 atom stereocenters. The maximum Gasteiger partial charge on any atom is 0.346 e. The highest BCUT2D eigenvalue weighted by Crippen LogP contribution is 2.16. The number of sulfonamides is 1. The monoisotopic (exact) mass is 377 g/mol. The average molecular weight is 378 g/mol. The highest BCUT2D eigenvalue weighted by molar-refractivity contribution is 7.89.